The van der Waals surface area contributed by atoms with Crippen molar-refractivity contribution < 1.29 is 14.2 Å². The van der Waals surface area contributed by atoms with Gasteiger partial charge in [0.1, 0.15) is 0 Å². The SMILES string of the molecule is CCCP(CCC)CCC(OCC)(OCC)OCC. The molecule has 0 spiro atoms. The van der Waals surface area contributed by atoms with Crippen LogP contribution in [-0.4, -0.2) is 44.3 Å². The summed E-state index contributed by atoms with van der Waals surface area (Å²) < 4.78 is 17.3. The van der Waals surface area contributed by atoms with Crippen molar-refractivity contribution in [2.45, 2.75) is 59.9 Å². The lowest BCUT2D eigenvalue weighted by Gasteiger charge is -2.33. The summed E-state index contributed by atoms with van der Waals surface area (Å²) in [5.41, 5.74) is 0. The van der Waals surface area contributed by atoms with Crippen molar-refractivity contribution in [2.24, 2.45) is 0 Å². The van der Waals surface area contributed by atoms with Gasteiger partial charge >= 0.3 is 0 Å². The van der Waals surface area contributed by atoms with Gasteiger partial charge in [-0.15, -0.1) is 7.92 Å². The van der Waals surface area contributed by atoms with Crippen molar-refractivity contribution >= 4 is 7.92 Å². The third-order valence-electron chi connectivity index (χ3n) is 2.91. The molecule has 0 N–H and O–H groups in total. The normalized spacial score (nSPS) is 12.3. The van der Waals surface area contributed by atoms with Gasteiger partial charge in [-0.2, -0.15) is 0 Å². The smallest absolute Gasteiger partial charge is 0.283 e. The van der Waals surface area contributed by atoms with Crippen molar-refractivity contribution in [1.29, 1.82) is 0 Å². The van der Waals surface area contributed by atoms with E-state index >= 15 is 0 Å². The maximum absolute atomic E-state index is 5.78. The first-order valence-electron chi connectivity index (χ1n) is 7.82. The minimum atomic E-state index is -0.805. The molecule has 0 rings (SSSR count). The first-order chi connectivity index (χ1) is 9.17. The van der Waals surface area contributed by atoms with Gasteiger partial charge in [-0.3, -0.25) is 0 Å². The fourth-order valence-corrected chi connectivity index (χ4v) is 4.79. The van der Waals surface area contributed by atoms with Crippen LogP contribution in [0.15, 0.2) is 0 Å². The highest BCUT2D eigenvalue weighted by atomic mass is 31.1. The molecule has 0 aromatic rings. The second kappa shape index (κ2) is 12.1. The van der Waals surface area contributed by atoms with Crippen LogP contribution in [0, 0.1) is 0 Å². The molecule has 0 atom stereocenters. The Bertz CT molecular complexity index is 177. The molecule has 19 heavy (non-hydrogen) atoms. The Morgan fingerprint density at radius 3 is 1.42 bits per heavy atom. The zero-order chi connectivity index (χ0) is 14.6. The summed E-state index contributed by atoms with van der Waals surface area (Å²) in [5.74, 6) is -0.805. The zero-order valence-electron chi connectivity index (χ0n) is 13.5. The minimum absolute atomic E-state index is 0.103. The van der Waals surface area contributed by atoms with Gasteiger partial charge < -0.3 is 14.2 Å². The van der Waals surface area contributed by atoms with Gasteiger partial charge in [0.05, 0.1) is 0 Å². The predicted octanol–water partition coefficient (Wildman–Crippen LogP) is 4.44. The van der Waals surface area contributed by atoms with Crippen LogP contribution in [0.2, 0.25) is 0 Å². The van der Waals surface area contributed by atoms with Crippen LogP contribution in [0.25, 0.3) is 0 Å². The van der Waals surface area contributed by atoms with E-state index in [-0.39, 0.29) is 7.92 Å². The second-order valence-electron chi connectivity index (χ2n) is 4.57. The summed E-state index contributed by atoms with van der Waals surface area (Å²) in [5, 5.41) is 0. The summed E-state index contributed by atoms with van der Waals surface area (Å²) in [6, 6.07) is 0. The van der Waals surface area contributed by atoms with Crippen LogP contribution in [-0.2, 0) is 14.2 Å². The summed E-state index contributed by atoms with van der Waals surface area (Å²) in [7, 11) is 0.103. The molecule has 0 aliphatic heterocycles. The molecule has 0 heterocycles. The van der Waals surface area contributed by atoms with Crippen LogP contribution in [0.3, 0.4) is 0 Å². The predicted molar refractivity (Wildman–Crippen MR) is 84.3 cm³/mol. The van der Waals surface area contributed by atoms with Gasteiger partial charge in [-0.05, 0) is 39.3 Å². The van der Waals surface area contributed by atoms with Crippen molar-refractivity contribution in [3.8, 4) is 0 Å². The van der Waals surface area contributed by atoms with E-state index in [2.05, 4.69) is 13.8 Å². The molecule has 0 fully saturated rings. The van der Waals surface area contributed by atoms with E-state index in [0.717, 1.165) is 6.42 Å². The Kier molecular flexibility index (Phi) is 12.3. The monoisotopic (exact) mass is 292 g/mol. The van der Waals surface area contributed by atoms with Gasteiger partial charge in [0, 0.05) is 26.2 Å². The quantitative estimate of drug-likeness (QED) is 0.371. The standard InChI is InChI=1S/C15H33O3P/c1-6-12-19(13-7-2)14-11-15(16-8-3,17-9-4)18-10-5/h6-14H2,1-5H3. The molecule has 0 aromatic carbocycles. The number of ether oxygens (including phenoxy) is 3. The van der Waals surface area contributed by atoms with E-state index in [0.29, 0.717) is 19.8 Å². The van der Waals surface area contributed by atoms with Gasteiger partial charge in [-0.1, -0.05) is 26.7 Å². The maximum atomic E-state index is 5.78. The highest BCUT2D eigenvalue weighted by Gasteiger charge is 2.32. The molecule has 116 valence electrons. The van der Waals surface area contributed by atoms with Crippen LogP contribution >= 0.6 is 7.92 Å². The van der Waals surface area contributed by atoms with Crippen LogP contribution in [0.1, 0.15) is 53.9 Å². The lowest BCUT2D eigenvalue weighted by Crippen LogP contribution is -2.40. The Balaban J connectivity index is 4.49. The fourth-order valence-electron chi connectivity index (χ4n) is 2.26. The van der Waals surface area contributed by atoms with Crippen molar-refractivity contribution in [3.05, 3.63) is 0 Å². The Morgan fingerprint density at radius 1 is 0.684 bits per heavy atom. The number of hydrogen-bond donors (Lipinski definition) is 0. The number of hydrogen-bond acceptors (Lipinski definition) is 3. The zero-order valence-corrected chi connectivity index (χ0v) is 14.4. The van der Waals surface area contributed by atoms with Crippen molar-refractivity contribution in [2.75, 3.05) is 38.3 Å². The molecule has 4 heteroatoms. The molecular formula is C15H33O3P. The Hall–Kier alpha value is 0.310. The lowest BCUT2D eigenvalue weighted by molar-refractivity contribution is -0.377. The summed E-state index contributed by atoms with van der Waals surface area (Å²) >= 11 is 0. The second-order valence-corrected chi connectivity index (χ2v) is 7.26. The molecular weight excluding hydrogens is 259 g/mol. The van der Waals surface area contributed by atoms with Crippen molar-refractivity contribution in [1.82, 2.24) is 0 Å². The van der Waals surface area contributed by atoms with E-state index in [4.69, 9.17) is 14.2 Å². The number of rotatable bonds is 13. The third kappa shape index (κ3) is 8.24. The summed E-state index contributed by atoms with van der Waals surface area (Å²) in [4.78, 5) is 0. The van der Waals surface area contributed by atoms with Crippen LogP contribution < -0.4 is 0 Å². The molecule has 0 aliphatic carbocycles. The molecule has 0 aliphatic rings. The minimum Gasteiger partial charge on any atom is -0.328 e. The topological polar surface area (TPSA) is 27.7 Å². The van der Waals surface area contributed by atoms with E-state index in [1.165, 1.54) is 31.3 Å². The Morgan fingerprint density at radius 2 is 1.11 bits per heavy atom. The summed E-state index contributed by atoms with van der Waals surface area (Å²) in [6.45, 7) is 12.4. The first-order valence-corrected chi connectivity index (χ1v) is 9.71. The van der Waals surface area contributed by atoms with E-state index < -0.39 is 5.97 Å². The van der Waals surface area contributed by atoms with Crippen molar-refractivity contribution in [3.63, 3.8) is 0 Å². The van der Waals surface area contributed by atoms with E-state index in [9.17, 15) is 0 Å². The van der Waals surface area contributed by atoms with E-state index in [1.54, 1.807) is 0 Å². The highest BCUT2D eigenvalue weighted by Crippen LogP contribution is 2.40. The van der Waals surface area contributed by atoms with Gasteiger partial charge in [0.25, 0.3) is 5.97 Å². The molecule has 0 bridgehead atoms. The molecule has 0 amide bonds. The average Bonchev–Trinajstić information content (AvgIpc) is 2.37. The van der Waals surface area contributed by atoms with Gasteiger partial charge in [0.2, 0.25) is 0 Å². The molecule has 0 aromatic heterocycles. The van der Waals surface area contributed by atoms with Gasteiger partial charge in [0.15, 0.2) is 0 Å². The molecule has 3 nitrogen and oxygen atoms in total. The fraction of sp³-hybridized carbons (Fsp3) is 1.00. The molecule has 0 saturated carbocycles. The molecule has 0 radical (unpaired) electrons. The lowest BCUT2D eigenvalue weighted by atomic mass is 10.4. The highest BCUT2D eigenvalue weighted by molar-refractivity contribution is 7.57. The van der Waals surface area contributed by atoms with Crippen LogP contribution in [0.4, 0.5) is 0 Å². The van der Waals surface area contributed by atoms with Gasteiger partial charge in [-0.25, -0.2) is 0 Å². The first kappa shape index (κ1) is 19.3. The largest absolute Gasteiger partial charge is 0.328 e. The average molecular weight is 292 g/mol. The maximum Gasteiger partial charge on any atom is 0.283 e. The molecule has 0 saturated heterocycles. The third-order valence-corrected chi connectivity index (χ3v) is 5.92. The Labute approximate surface area is 121 Å². The van der Waals surface area contributed by atoms with E-state index in [1.807, 2.05) is 20.8 Å². The van der Waals surface area contributed by atoms with Crippen LogP contribution in [0.5, 0.6) is 0 Å². The summed E-state index contributed by atoms with van der Waals surface area (Å²) in [6.07, 6.45) is 7.28. The molecule has 0 unspecified atom stereocenters.